The zero-order chi connectivity index (χ0) is 37.0. The molecule has 0 aliphatic heterocycles. The molecule has 3 heteroatoms. The summed E-state index contributed by atoms with van der Waals surface area (Å²) >= 11 is 0. The molecule has 3 heterocycles. The molecule has 11 rings (SSSR count). The number of rotatable bonds is 6. The van der Waals surface area contributed by atoms with Crippen molar-refractivity contribution in [3.63, 3.8) is 0 Å². The molecular formula is C53H35N3. The van der Waals surface area contributed by atoms with Crippen LogP contribution in [-0.2, 0) is 0 Å². The predicted molar refractivity (Wildman–Crippen MR) is 235 cm³/mol. The summed E-state index contributed by atoms with van der Waals surface area (Å²) in [4.78, 5) is 5.23. The molecule has 8 aromatic carbocycles. The van der Waals surface area contributed by atoms with Crippen molar-refractivity contribution in [2.45, 2.75) is 0 Å². The van der Waals surface area contributed by atoms with Crippen molar-refractivity contribution < 1.29 is 0 Å². The lowest BCUT2D eigenvalue weighted by Crippen LogP contribution is -1.94. The van der Waals surface area contributed by atoms with E-state index < -0.39 is 0 Å². The minimum Gasteiger partial charge on any atom is -0.309 e. The summed E-state index contributed by atoms with van der Waals surface area (Å²) in [6, 6.07) is 76.1. The molecule has 0 saturated carbocycles. The number of nitrogens with zero attached hydrogens (tertiary/aromatic N) is 3. The van der Waals surface area contributed by atoms with Crippen LogP contribution in [0.25, 0.3) is 99.8 Å². The van der Waals surface area contributed by atoms with Crippen molar-refractivity contribution >= 4 is 43.6 Å². The van der Waals surface area contributed by atoms with Gasteiger partial charge in [-0.1, -0.05) is 140 Å². The maximum Gasteiger partial charge on any atom is 0.0709 e. The predicted octanol–water partition coefficient (Wildman–Crippen LogP) is 13.9. The Kier molecular flexibility index (Phi) is 7.49. The summed E-state index contributed by atoms with van der Waals surface area (Å²) in [7, 11) is 0. The third-order valence-corrected chi connectivity index (χ3v) is 11.1. The number of pyridine rings is 1. The van der Waals surface area contributed by atoms with Gasteiger partial charge in [0.05, 0.1) is 33.5 Å². The number of aromatic nitrogens is 3. The van der Waals surface area contributed by atoms with Crippen LogP contribution < -0.4 is 0 Å². The van der Waals surface area contributed by atoms with Gasteiger partial charge in [-0.15, -0.1) is 0 Å². The van der Waals surface area contributed by atoms with Gasteiger partial charge in [-0.05, 0) is 95.1 Å². The Morgan fingerprint density at radius 2 is 0.554 bits per heavy atom. The first-order valence-electron chi connectivity index (χ1n) is 19.1. The van der Waals surface area contributed by atoms with Gasteiger partial charge in [0.15, 0.2) is 0 Å². The highest BCUT2D eigenvalue weighted by atomic mass is 15.0. The van der Waals surface area contributed by atoms with E-state index in [1.165, 1.54) is 54.7 Å². The molecular weight excluding hydrogens is 679 g/mol. The second kappa shape index (κ2) is 13.1. The van der Waals surface area contributed by atoms with Gasteiger partial charge < -0.3 is 9.13 Å². The lowest BCUT2D eigenvalue weighted by Gasteiger charge is -2.12. The first-order valence-corrected chi connectivity index (χ1v) is 19.1. The van der Waals surface area contributed by atoms with Crippen LogP contribution in [0.5, 0.6) is 0 Å². The molecule has 0 fully saturated rings. The van der Waals surface area contributed by atoms with E-state index in [0.717, 1.165) is 45.0 Å². The standard InChI is InChI=1S/C53H35N3/c1-5-28-50-44(22-1)45-23-2-6-29-51(45)55(50)42-20-11-16-38(34-42)36-14-9-18-40(32-36)48-26-13-27-49(54-48)41-19-10-15-37(33-41)39-17-12-21-43(35-39)56-52-30-7-3-24-46(52)47-25-4-8-31-53(47)56/h1-35H. The fourth-order valence-corrected chi connectivity index (χ4v) is 8.52. The SMILES string of the molecule is c1cc(-c2cccc(-n3c4ccccc4c4ccccc43)c2)cc(-c2cccc(-c3cccc(-c4cccc(-n5c6ccccc6c6ccccc65)c4)c3)n2)c1. The topological polar surface area (TPSA) is 22.8 Å². The summed E-state index contributed by atoms with van der Waals surface area (Å²) in [5.74, 6) is 0. The second-order valence-corrected chi connectivity index (χ2v) is 14.4. The van der Waals surface area contributed by atoms with Crippen molar-refractivity contribution in [1.82, 2.24) is 14.1 Å². The number of hydrogen-bond donors (Lipinski definition) is 0. The van der Waals surface area contributed by atoms with Gasteiger partial charge in [-0.3, -0.25) is 0 Å². The minimum absolute atomic E-state index is 0.946. The highest BCUT2D eigenvalue weighted by Gasteiger charge is 2.14. The summed E-state index contributed by atoms with van der Waals surface area (Å²) in [6.45, 7) is 0. The maximum absolute atomic E-state index is 5.23. The van der Waals surface area contributed by atoms with Gasteiger partial charge in [0.1, 0.15) is 0 Å². The first-order chi connectivity index (χ1) is 27.8. The van der Waals surface area contributed by atoms with E-state index >= 15 is 0 Å². The van der Waals surface area contributed by atoms with Crippen LogP contribution >= 0.6 is 0 Å². The molecule has 0 saturated heterocycles. The number of para-hydroxylation sites is 4. The Morgan fingerprint density at radius 3 is 0.946 bits per heavy atom. The number of fused-ring (bicyclic) bond motifs is 6. The van der Waals surface area contributed by atoms with Gasteiger partial charge in [0.25, 0.3) is 0 Å². The Balaban J connectivity index is 0.929. The fourth-order valence-electron chi connectivity index (χ4n) is 8.52. The largest absolute Gasteiger partial charge is 0.309 e. The zero-order valence-corrected chi connectivity index (χ0v) is 30.5. The zero-order valence-electron chi connectivity index (χ0n) is 30.5. The summed E-state index contributed by atoms with van der Waals surface area (Å²) in [6.07, 6.45) is 0. The van der Waals surface area contributed by atoms with Crippen molar-refractivity contribution in [3.05, 3.63) is 212 Å². The van der Waals surface area contributed by atoms with Crippen molar-refractivity contribution in [3.8, 4) is 56.1 Å². The highest BCUT2D eigenvalue weighted by Crippen LogP contribution is 2.36. The summed E-state index contributed by atoms with van der Waals surface area (Å²) < 4.78 is 4.75. The third kappa shape index (κ3) is 5.32. The Labute approximate surface area is 325 Å². The Bertz CT molecular complexity index is 2950. The Hall–Kier alpha value is -7.49. The summed E-state index contributed by atoms with van der Waals surface area (Å²) in [5.41, 5.74) is 15.8. The van der Waals surface area contributed by atoms with E-state index in [0.29, 0.717) is 0 Å². The quantitative estimate of drug-likeness (QED) is 0.168. The molecule has 0 unspecified atom stereocenters. The van der Waals surface area contributed by atoms with Crippen LogP contribution in [0, 0.1) is 0 Å². The molecule has 56 heavy (non-hydrogen) atoms. The second-order valence-electron chi connectivity index (χ2n) is 14.4. The van der Waals surface area contributed by atoms with Crippen LogP contribution in [0.15, 0.2) is 212 Å². The molecule has 3 nitrogen and oxygen atoms in total. The highest BCUT2D eigenvalue weighted by molar-refractivity contribution is 6.10. The van der Waals surface area contributed by atoms with Crippen LogP contribution in [0.1, 0.15) is 0 Å². The van der Waals surface area contributed by atoms with Crippen LogP contribution in [-0.4, -0.2) is 14.1 Å². The molecule has 11 aromatic rings. The third-order valence-electron chi connectivity index (χ3n) is 11.1. The van der Waals surface area contributed by atoms with E-state index in [2.05, 4.69) is 221 Å². The molecule has 0 radical (unpaired) electrons. The van der Waals surface area contributed by atoms with Crippen molar-refractivity contribution in [2.24, 2.45) is 0 Å². The van der Waals surface area contributed by atoms with Crippen molar-refractivity contribution in [2.75, 3.05) is 0 Å². The van der Waals surface area contributed by atoms with E-state index in [9.17, 15) is 0 Å². The smallest absolute Gasteiger partial charge is 0.0709 e. The van der Waals surface area contributed by atoms with Gasteiger partial charge in [-0.25, -0.2) is 4.98 Å². The maximum atomic E-state index is 5.23. The molecule has 0 spiro atoms. The molecule has 0 aliphatic carbocycles. The van der Waals surface area contributed by atoms with Crippen molar-refractivity contribution in [1.29, 1.82) is 0 Å². The van der Waals surface area contributed by atoms with E-state index in [-0.39, 0.29) is 0 Å². The average molecular weight is 714 g/mol. The van der Waals surface area contributed by atoms with E-state index in [1.807, 2.05) is 0 Å². The lowest BCUT2D eigenvalue weighted by atomic mass is 9.99. The average Bonchev–Trinajstić information content (AvgIpc) is 3.80. The molecule has 0 aliphatic rings. The normalized spacial score (nSPS) is 11.6. The summed E-state index contributed by atoms with van der Waals surface area (Å²) in [5, 5.41) is 5.06. The first kappa shape index (κ1) is 32.0. The van der Waals surface area contributed by atoms with E-state index in [1.54, 1.807) is 0 Å². The van der Waals surface area contributed by atoms with Gasteiger partial charge in [0, 0.05) is 44.0 Å². The molecule has 0 amide bonds. The molecule has 0 bridgehead atoms. The molecule has 0 atom stereocenters. The van der Waals surface area contributed by atoms with Crippen LogP contribution in [0.4, 0.5) is 0 Å². The van der Waals surface area contributed by atoms with Gasteiger partial charge >= 0.3 is 0 Å². The number of benzene rings is 8. The Morgan fingerprint density at radius 1 is 0.250 bits per heavy atom. The lowest BCUT2D eigenvalue weighted by molar-refractivity contribution is 1.18. The molecule has 3 aromatic heterocycles. The van der Waals surface area contributed by atoms with Crippen LogP contribution in [0.3, 0.4) is 0 Å². The van der Waals surface area contributed by atoms with Crippen LogP contribution in [0.2, 0.25) is 0 Å². The fraction of sp³-hybridized carbons (Fsp3) is 0. The van der Waals surface area contributed by atoms with Gasteiger partial charge in [0.2, 0.25) is 0 Å². The van der Waals surface area contributed by atoms with E-state index in [4.69, 9.17) is 4.98 Å². The molecule has 262 valence electrons. The monoisotopic (exact) mass is 713 g/mol. The minimum atomic E-state index is 0.946. The van der Waals surface area contributed by atoms with Gasteiger partial charge in [-0.2, -0.15) is 0 Å². The number of hydrogen-bond acceptors (Lipinski definition) is 1. The molecule has 0 N–H and O–H groups in total.